The van der Waals surface area contributed by atoms with Crippen molar-refractivity contribution in [2.45, 2.75) is 39.0 Å². The quantitative estimate of drug-likeness (QED) is 0.209. The summed E-state index contributed by atoms with van der Waals surface area (Å²) in [6.07, 6.45) is 31.9. The molecule has 0 saturated heterocycles. The number of allylic oxidation sites excluding steroid dienone is 21. The predicted octanol–water partition coefficient (Wildman–Crippen LogP) is 10.2. The Labute approximate surface area is 247 Å². The molecule has 2 unspecified atom stereocenters. The van der Waals surface area contributed by atoms with Crippen LogP contribution < -0.4 is 5.73 Å². The summed E-state index contributed by atoms with van der Waals surface area (Å²) in [6, 6.07) is 10.7. The Balaban J connectivity index is 1.26. The van der Waals surface area contributed by atoms with E-state index < -0.39 is 0 Å². The Hall–Kier alpha value is -4.58. The molecule has 2 atom stereocenters. The molecule has 3 aliphatic carbocycles. The second-order valence-corrected chi connectivity index (χ2v) is 10.9. The van der Waals surface area contributed by atoms with Crippen LogP contribution in [-0.2, 0) is 0 Å². The maximum atomic E-state index is 6.47. The van der Waals surface area contributed by atoms with Gasteiger partial charge in [-0.25, -0.2) is 0 Å². The Morgan fingerprint density at radius 3 is 2.37 bits per heavy atom. The van der Waals surface area contributed by atoms with E-state index in [9.17, 15) is 0 Å². The number of hydrogen-bond acceptors (Lipinski definition) is 1. The SMILES string of the molecule is C=C(/C=C\C)/C=C\C(=C)/C=C\CC1=C=C(CC(=C)\C=C/C=C\C(N)=C2\C=C(C)C3C(=C2)C=CC3c2ccccc2)C1. The summed E-state index contributed by atoms with van der Waals surface area (Å²) in [5, 5.41) is 0. The number of rotatable bonds is 12. The van der Waals surface area contributed by atoms with Crippen molar-refractivity contribution in [1.29, 1.82) is 0 Å². The van der Waals surface area contributed by atoms with Gasteiger partial charge in [-0.3, -0.25) is 0 Å². The second-order valence-electron chi connectivity index (χ2n) is 10.9. The molecule has 0 bridgehead atoms. The van der Waals surface area contributed by atoms with Gasteiger partial charge in [-0.15, -0.1) is 5.73 Å². The largest absolute Gasteiger partial charge is 0.398 e. The van der Waals surface area contributed by atoms with Crippen LogP contribution in [0.5, 0.6) is 0 Å². The van der Waals surface area contributed by atoms with Crippen molar-refractivity contribution in [1.82, 2.24) is 0 Å². The molecular weight excluding hydrogens is 494 g/mol. The van der Waals surface area contributed by atoms with Gasteiger partial charge in [-0.1, -0.05) is 134 Å². The fraction of sp³-hybridized carbons (Fsp3) is 0.175. The Kier molecular flexibility index (Phi) is 10.2. The maximum absolute atomic E-state index is 6.47. The standard InChI is InChI=1S/C40H41N/c1-6-13-29(2)20-21-30(3)15-12-16-33-26-34(27-33)24-31(4)14-10-11-19-39(41)37-25-32(5)40-36(28-37)22-23-38(40)35-17-8-7-9-18-35/h6-15,17-23,25,28,38,40H,2-4,16,24,26,41H2,1,5H3/b13-6-,14-10-,15-12-,19-11-,21-20-,39-37+. The molecular formula is C40H41N. The summed E-state index contributed by atoms with van der Waals surface area (Å²) in [5.74, 6) is 0.782. The highest BCUT2D eigenvalue weighted by molar-refractivity contribution is 5.56. The molecule has 4 rings (SSSR count). The first-order valence-electron chi connectivity index (χ1n) is 14.3. The van der Waals surface area contributed by atoms with Crippen molar-refractivity contribution in [3.05, 3.63) is 197 Å². The van der Waals surface area contributed by atoms with Crippen molar-refractivity contribution in [3.63, 3.8) is 0 Å². The molecule has 1 heteroatoms. The van der Waals surface area contributed by atoms with E-state index in [4.69, 9.17) is 5.73 Å². The summed E-state index contributed by atoms with van der Waals surface area (Å²) < 4.78 is 0. The van der Waals surface area contributed by atoms with Gasteiger partial charge in [0.2, 0.25) is 0 Å². The summed E-state index contributed by atoms with van der Waals surface area (Å²) in [5.41, 5.74) is 21.5. The average molecular weight is 536 g/mol. The van der Waals surface area contributed by atoms with Crippen molar-refractivity contribution in [3.8, 4) is 0 Å². The third kappa shape index (κ3) is 8.21. The number of benzene rings is 1. The van der Waals surface area contributed by atoms with Crippen LogP contribution in [0.4, 0.5) is 0 Å². The van der Waals surface area contributed by atoms with Gasteiger partial charge in [0, 0.05) is 30.4 Å². The molecule has 0 aliphatic heterocycles. The lowest BCUT2D eigenvalue weighted by molar-refractivity contribution is 0.667. The van der Waals surface area contributed by atoms with Gasteiger partial charge in [-0.05, 0) is 71.4 Å². The zero-order valence-electron chi connectivity index (χ0n) is 24.4. The van der Waals surface area contributed by atoms with Gasteiger partial charge >= 0.3 is 0 Å². The van der Waals surface area contributed by atoms with Crippen LogP contribution in [0.2, 0.25) is 0 Å². The molecule has 41 heavy (non-hydrogen) atoms. The number of fused-ring (bicyclic) bond motifs is 1. The highest BCUT2D eigenvalue weighted by Crippen LogP contribution is 2.45. The third-order valence-corrected chi connectivity index (χ3v) is 7.46. The first-order valence-corrected chi connectivity index (χ1v) is 14.3. The van der Waals surface area contributed by atoms with E-state index in [-0.39, 0.29) is 0 Å². The van der Waals surface area contributed by atoms with Crippen LogP contribution in [0.25, 0.3) is 0 Å². The summed E-state index contributed by atoms with van der Waals surface area (Å²) in [6.45, 7) is 16.4. The molecule has 0 saturated carbocycles. The minimum absolute atomic E-state index is 0.390. The fourth-order valence-corrected chi connectivity index (χ4v) is 5.41. The number of nitrogens with two attached hydrogens (primary N) is 1. The lowest BCUT2D eigenvalue weighted by Crippen LogP contribution is -2.14. The normalized spacial score (nSPS) is 21.3. The zero-order chi connectivity index (χ0) is 29.2. The molecule has 0 aromatic heterocycles. The van der Waals surface area contributed by atoms with E-state index in [0.29, 0.717) is 11.8 Å². The van der Waals surface area contributed by atoms with Crippen molar-refractivity contribution in [2.24, 2.45) is 11.7 Å². The third-order valence-electron chi connectivity index (χ3n) is 7.46. The molecule has 206 valence electrons. The highest BCUT2D eigenvalue weighted by Gasteiger charge is 2.31. The molecule has 0 heterocycles. The van der Waals surface area contributed by atoms with E-state index in [1.807, 2.05) is 55.5 Å². The summed E-state index contributed by atoms with van der Waals surface area (Å²) in [4.78, 5) is 0. The highest BCUT2D eigenvalue weighted by atomic mass is 14.6. The molecule has 1 aromatic rings. The molecule has 0 radical (unpaired) electrons. The second kappa shape index (κ2) is 14.2. The van der Waals surface area contributed by atoms with Crippen molar-refractivity contribution < 1.29 is 0 Å². The maximum Gasteiger partial charge on any atom is 0.0387 e. The minimum atomic E-state index is 0.390. The first kappa shape index (κ1) is 29.4. The monoisotopic (exact) mass is 535 g/mol. The van der Waals surface area contributed by atoms with E-state index in [1.54, 1.807) is 0 Å². The van der Waals surface area contributed by atoms with E-state index in [1.165, 1.54) is 27.9 Å². The predicted molar refractivity (Wildman–Crippen MR) is 178 cm³/mol. The van der Waals surface area contributed by atoms with Gasteiger partial charge in [0.05, 0.1) is 0 Å². The van der Waals surface area contributed by atoms with Gasteiger partial charge in [0.1, 0.15) is 0 Å². The van der Waals surface area contributed by atoms with E-state index in [0.717, 1.165) is 47.3 Å². The zero-order valence-corrected chi connectivity index (χ0v) is 24.4. The minimum Gasteiger partial charge on any atom is -0.398 e. The van der Waals surface area contributed by atoms with Crippen LogP contribution in [0.15, 0.2) is 191 Å². The Bertz CT molecular complexity index is 1540. The first-order chi connectivity index (χ1) is 19.8. The van der Waals surface area contributed by atoms with Gasteiger partial charge in [0.15, 0.2) is 0 Å². The van der Waals surface area contributed by atoms with Crippen molar-refractivity contribution >= 4 is 0 Å². The van der Waals surface area contributed by atoms with Crippen molar-refractivity contribution in [2.75, 3.05) is 0 Å². The summed E-state index contributed by atoms with van der Waals surface area (Å²) >= 11 is 0. The van der Waals surface area contributed by atoms with Crippen LogP contribution in [0.3, 0.4) is 0 Å². The van der Waals surface area contributed by atoms with Crippen LogP contribution in [-0.4, -0.2) is 0 Å². The molecule has 2 N–H and O–H groups in total. The van der Waals surface area contributed by atoms with Gasteiger partial charge < -0.3 is 5.73 Å². The molecule has 0 fully saturated rings. The topological polar surface area (TPSA) is 26.0 Å². The lowest BCUT2D eigenvalue weighted by atomic mass is 9.78. The van der Waals surface area contributed by atoms with Crippen LogP contribution >= 0.6 is 0 Å². The number of hydrogen-bond donors (Lipinski definition) is 1. The molecule has 1 aromatic carbocycles. The van der Waals surface area contributed by atoms with E-state index in [2.05, 4.69) is 99.2 Å². The molecule has 3 aliphatic rings. The molecule has 1 nitrogen and oxygen atoms in total. The fourth-order valence-electron chi connectivity index (χ4n) is 5.41. The smallest absolute Gasteiger partial charge is 0.0387 e. The average Bonchev–Trinajstić information content (AvgIpc) is 3.38. The van der Waals surface area contributed by atoms with Gasteiger partial charge in [-0.2, -0.15) is 0 Å². The van der Waals surface area contributed by atoms with Gasteiger partial charge in [0.25, 0.3) is 0 Å². The molecule has 0 amide bonds. The lowest BCUT2D eigenvalue weighted by Gasteiger charge is -2.26. The Morgan fingerprint density at radius 2 is 1.63 bits per heavy atom. The van der Waals surface area contributed by atoms with Crippen LogP contribution in [0, 0.1) is 5.92 Å². The van der Waals surface area contributed by atoms with E-state index >= 15 is 0 Å². The summed E-state index contributed by atoms with van der Waals surface area (Å²) in [7, 11) is 0. The Morgan fingerprint density at radius 1 is 0.927 bits per heavy atom. The molecule has 0 spiro atoms. The van der Waals surface area contributed by atoms with Crippen LogP contribution in [0.1, 0.15) is 44.6 Å².